The SMILES string of the molecule is CC(C)C1CCCN(c2cc(Br)cc(C#N)c2)CC1. The molecule has 1 aromatic rings. The van der Waals surface area contributed by atoms with Crippen LogP contribution in [0, 0.1) is 23.2 Å². The quantitative estimate of drug-likeness (QED) is 0.797. The second-order valence-electron chi connectivity index (χ2n) is 5.73. The van der Waals surface area contributed by atoms with Crippen molar-refractivity contribution in [2.45, 2.75) is 33.1 Å². The number of halogens is 1. The summed E-state index contributed by atoms with van der Waals surface area (Å²) < 4.78 is 0.992. The Hall–Kier alpha value is -1.01. The lowest BCUT2D eigenvalue weighted by molar-refractivity contribution is 0.351. The minimum Gasteiger partial charge on any atom is -0.371 e. The Labute approximate surface area is 124 Å². The Morgan fingerprint density at radius 3 is 2.74 bits per heavy atom. The average molecular weight is 321 g/mol. The summed E-state index contributed by atoms with van der Waals surface area (Å²) in [6.07, 6.45) is 3.83. The molecule has 0 N–H and O–H groups in total. The van der Waals surface area contributed by atoms with Gasteiger partial charge in [-0.25, -0.2) is 0 Å². The van der Waals surface area contributed by atoms with E-state index in [4.69, 9.17) is 5.26 Å². The van der Waals surface area contributed by atoms with Gasteiger partial charge < -0.3 is 4.90 Å². The van der Waals surface area contributed by atoms with Gasteiger partial charge in [0.1, 0.15) is 0 Å². The van der Waals surface area contributed by atoms with Crippen molar-refractivity contribution in [3.05, 3.63) is 28.2 Å². The van der Waals surface area contributed by atoms with Crippen LogP contribution < -0.4 is 4.90 Å². The predicted octanol–water partition coefficient (Wildman–Crippen LogP) is 4.58. The molecule has 3 heteroatoms. The molecule has 0 spiro atoms. The zero-order valence-corrected chi connectivity index (χ0v) is 13.3. The van der Waals surface area contributed by atoms with Gasteiger partial charge in [-0.15, -0.1) is 0 Å². The molecule has 1 fully saturated rings. The molecule has 1 aromatic carbocycles. The number of rotatable bonds is 2. The molecule has 0 amide bonds. The van der Waals surface area contributed by atoms with Crippen molar-refractivity contribution < 1.29 is 0 Å². The number of hydrogen-bond acceptors (Lipinski definition) is 2. The molecule has 1 aliphatic rings. The molecule has 0 aliphatic carbocycles. The first-order valence-electron chi connectivity index (χ1n) is 7.06. The van der Waals surface area contributed by atoms with Crippen molar-refractivity contribution in [3.8, 4) is 6.07 Å². The maximum Gasteiger partial charge on any atom is 0.0992 e. The van der Waals surface area contributed by atoms with Crippen LogP contribution in [0.3, 0.4) is 0 Å². The van der Waals surface area contributed by atoms with E-state index in [-0.39, 0.29) is 0 Å². The summed E-state index contributed by atoms with van der Waals surface area (Å²) in [6.45, 7) is 6.86. The van der Waals surface area contributed by atoms with E-state index in [1.807, 2.05) is 12.1 Å². The first-order chi connectivity index (χ1) is 9.10. The Kier molecular flexibility index (Phi) is 4.87. The fourth-order valence-corrected chi connectivity index (χ4v) is 3.35. The lowest BCUT2D eigenvalue weighted by atomic mass is 9.89. The molecule has 2 rings (SSSR count). The van der Waals surface area contributed by atoms with Crippen LogP contribution in [0.15, 0.2) is 22.7 Å². The second-order valence-corrected chi connectivity index (χ2v) is 6.65. The molecule has 102 valence electrons. The molecule has 1 atom stereocenters. The van der Waals surface area contributed by atoms with Gasteiger partial charge in [0.15, 0.2) is 0 Å². The van der Waals surface area contributed by atoms with Crippen LogP contribution in [-0.4, -0.2) is 13.1 Å². The van der Waals surface area contributed by atoms with Crippen LogP contribution in [-0.2, 0) is 0 Å². The maximum absolute atomic E-state index is 9.07. The first kappa shape index (κ1) is 14.4. The Morgan fingerprint density at radius 1 is 1.26 bits per heavy atom. The second kappa shape index (κ2) is 6.43. The van der Waals surface area contributed by atoms with Gasteiger partial charge in [-0.2, -0.15) is 5.26 Å². The topological polar surface area (TPSA) is 27.0 Å². The highest BCUT2D eigenvalue weighted by molar-refractivity contribution is 9.10. The van der Waals surface area contributed by atoms with Crippen molar-refractivity contribution in [1.82, 2.24) is 0 Å². The fourth-order valence-electron chi connectivity index (χ4n) is 2.87. The standard InChI is InChI=1S/C16H21BrN2/c1-12(2)14-4-3-6-19(7-5-14)16-9-13(11-18)8-15(17)10-16/h8-10,12,14H,3-7H2,1-2H3. The smallest absolute Gasteiger partial charge is 0.0992 e. The molecule has 1 heterocycles. The molecular weight excluding hydrogens is 300 g/mol. The maximum atomic E-state index is 9.07. The van der Waals surface area contributed by atoms with Gasteiger partial charge in [0.05, 0.1) is 11.6 Å². The molecule has 0 radical (unpaired) electrons. The van der Waals surface area contributed by atoms with Crippen molar-refractivity contribution >= 4 is 21.6 Å². The van der Waals surface area contributed by atoms with Crippen LogP contribution in [0.2, 0.25) is 0 Å². The van der Waals surface area contributed by atoms with Crippen molar-refractivity contribution in [2.75, 3.05) is 18.0 Å². The third-order valence-electron chi connectivity index (χ3n) is 4.09. The van der Waals surface area contributed by atoms with Crippen LogP contribution in [0.1, 0.15) is 38.7 Å². The van der Waals surface area contributed by atoms with Gasteiger partial charge in [-0.3, -0.25) is 0 Å². The van der Waals surface area contributed by atoms with Crippen LogP contribution in [0.25, 0.3) is 0 Å². The number of nitrogens with zero attached hydrogens (tertiary/aromatic N) is 2. The average Bonchev–Trinajstić information content (AvgIpc) is 2.63. The van der Waals surface area contributed by atoms with E-state index in [9.17, 15) is 0 Å². The largest absolute Gasteiger partial charge is 0.371 e. The Balaban J connectivity index is 2.14. The highest BCUT2D eigenvalue weighted by Crippen LogP contribution is 2.29. The lowest BCUT2D eigenvalue weighted by Gasteiger charge is -2.24. The third-order valence-corrected chi connectivity index (χ3v) is 4.55. The van der Waals surface area contributed by atoms with Gasteiger partial charge in [0, 0.05) is 23.2 Å². The molecule has 2 nitrogen and oxygen atoms in total. The van der Waals surface area contributed by atoms with Crippen molar-refractivity contribution in [2.24, 2.45) is 11.8 Å². The normalized spacial score (nSPS) is 20.2. The highest BCUT2D eigenvalue weighted by Gasteiger charge is 2.20. The molecule has 1 saturated heterocycles. The monoisotopic (exact) mass is 320 g/mol. The van der Waals surface area contributed by atoms with Gasteiger partial charge in [0.25, 0.3) is 0 Å². The minimum absolute atomic E-state index is 0.731. The molecule has 1 unspecified atom stereocenters. The van der Waals surface area contributed by atoms with Gasteiger partial charge in [0.2, 0.25) is 0 Å². The fraction of sp³-hybridized carbons (Fsp3) is 0.562. The molecular formula is C16H21BrN2. The lowest BCUT2D eigenvalue weighted by Crippen LogP contribution is -2.24. The van der Waals surface area contributed by atoms with Gasteiger partial charge >= 0.3 is 0 Å². The van der Waals surface area contributed by atoms with Crippen LogP contribution in [0.5, 0.6) is 0 Å². The van der Waals surface area contributed by atoms with E-state index in [0.717, 1.165) is 35.0 Å². The minimum atomic E-state index is 0.731. The Morgan fingerprint density at radius 2 is 2.05 bits per heavy atom. The molecule has 0 bridgehead atoms. The summed E-state index contributed by atoms with van der Waals surface area (Å²) in [5.41, 5.74) is 1.91. The number of hydrogen-bond donors (Lipinski definition) is 0. The summed E-state index contributed by atoms with van der Waals surface area (Å²) in [5, 5.41) is 9.07. The van der Waals surface area contributed by atoms with E-state index >= 15 is 0 Å². The van der Waals surface area contributed by atoms with E-state index in [1.54, 1.807) is 0 Å². The summed E-state index contributed by atoms with van der Waals surface area (Å²) >= 11 is 3.50. The number of nitriles is 1. The molecule has 0 saturated carbocycles. The summed E-state index contributed by atoms with van der Waals surface area (Å²) in [5.74, 6) is 1.62. The predicted molar refractivity (Wildman–Crippen MR) is 83.2 cm³/mol. The van der Waals surface area contributed by atoms with E-state index in [1.165, 1.54) is 24.9 Å². The zero-order valence-electron chi connectivity index (χ0n) is 11.7. The van der Waals surface area contributed by atoms with Crippen molar-refractivity contribution in [3.63, 3.8) is 0 Å². The van der Waals surface area contributed by atoms with Crippen LogP contribution >= 0.6 is 15.9 Å². The summed E-state index contributed by atoms with van der Waals surface area (Å²) in [6, 6.07) is 8.23. The third kappa shape index (κ3) is 3.73. The molecule has 0 aromatic heterocycles. The number of anilines is 1. The van der Waals surface area contributed by atoms with E-state index in [0.29, 0.717) is 0 Å². The van der Waals surface area contributed by atoms with Crippen LogP contribution in [0.4, 0.5) is 5.69 Å². The highest BCUT2D eigenvalue weighted by atomic mass is 79.9. The molecule has 1 aliphatic heterocycles. The Bertz CT molecular complexity index is 476. The van der Waals surface area contributed by atoms with Gasteiger partial charge in [-0.05, 0) is 49.3 Å². The van der Waals surface area contributed by atoms with Gasteiger partial charge in [-0.1, -0.05) is 29.8 Å². The summed E-state index contributed by atoms with van der Waals surface area (Å²) in [7, 11) is 0. The first-order valence-corrected chi connectivity index (χ1v) is 7.85. The number of benzene rings is 1. The molecule has 19 heavy (non-hydrogen) atoms. The zero-order chi connectivity index (χ0) is 13.8. The van der Waals surface area contributed by atoms with Crippen molar-refractivity contribution in [1.29, 1.82) is 5.26 Å². The van der Waals surface area contributed by atoms with E-state index in [2.05, 4.69) is 46.8 Å². The summed E-state index contributed by atoms with van der Waals surface area (Å²) in [4.78, 5) is 2.42. The van der Waals surface area contributed by atoms with E-state index < -0.39 is 0 Å².